The van der Waals surface area contributed by atoms with Gasteiger partial charge in [-0.05, 0) is 30.5 Å². The van der Waals surface area contributed by atoms with Gasteiger partial charge in [0.1, 0.15) is 5.82 Å². The van der Waals surface area contributed by atoms with E-state index in [2.05, 4.69) is 5.32 Å². The number of esters is 1. The van der Waals surface area contributed by atoms with E-state index < -0.39 is 48.0 Å². The van der Waals surface area contributed by atoms with Crippen molar-refractivity contribution in [2.24, 2.45) is 11.7 Å². The maximum atomic E-state index is 13.3. The molecule has 1 aromatic rings. The van der Waals surface area contributed by atoms with Gasteiger partial charge in [0.25, 0.3) is 5.91 Å². The van der Waals surface area contributed by atoms with Crippen LogP contribution in [-0.2, 0) is 23.9 Å². The predicted octanol–water partition coefficient (Wildman–Crippen LogP) is 0.519. The Morgan fingerprint density at radius 2 is 2.11 bits per heavy atom. The fraction of sp³-hybridized carbons (Fsp3) is 0.444. The summed E-state index contributed by atoms with van der Waals surface area (Å²) in [5.41, 5.74) is 5.96. The predicted molar refractivity (Wildman–Crippen MR) is 91.8 cm³/mol. The number of halogens is 1. The molecule has 1 aromatic carbocycles. The lowest BCUT2D eigenvalue weighted by Crippen LogP contribution is -2.45. The summed E-state index contributed by atoms with van der Waals surface area (Å²) >= 11 is 0. The number of primary amides is 1. The highest BCUT2D eigenvalue weighted by Gasteiger charge is 2.33. The van der Waals surface area contributed by atoms with E-state index in [1.807, 2.05) is 0 Å². The van der Waals surface area contributed by atoms with Crippen molar-refractivity contribution in [3.8, 4) is 0 Å². The van der Waals surface area contributed by atoms with Crippen molar-refractivity contribution < 1.29 is 28.3 Å². The molecule has 0 radical (unpaired) electrons. The van der Waals surface area contributed by atoms with Crippen LogP contribution in [0.5, 0.6) is 0 Å². The molecule has 3 amide bonds. The second kappa shape index (κ2) is 7.73. The first kappa shape index (κ1) is 18.8. The summed E-state index contributed by atoms with van der Waals surface area (Å²) in [6.45, 7) is 0.187. The van der Waals surface area contributed by atoms with Crippen LogP contribution in [0.4, 0.5) is 10.1 Å². The van der Waals surface area contributed by atoms with Gasteiger partial charge in [0.2, 0.25) is 11.8 Å². The maximum absolute atomic E-state index is 13.3. The SMILES string of the molecule is NC(=O)C1CCCN(C(=O)COC(=O)C2CC(=O)Nc3cc(F)ccc32)C1. The van der Waals surface area contributed by atoms with Gasteiger partial charge < -0.3 is 20.7 Å². The van der Waals surface area contributed by atoms with Crippen LogP contribution in [0.15, 0.2) is 18.2 Å². The quantitative estimate of drug-likeness (QED) is 0.742. The summed E-state index contributed by atoms with van der Waals surface area (Å²) in [5, 5.41) is 2.51. The molecule has 2 heterocycles. The Kier molecular flexibility index (Phi) is 5.38. The first-order chi connectivity index (χ1) is 12.8. The Labute approximate surface area is 154 Å². The number of likely N-dealkylation sites (tertiary alicyclic amines) is 1. The minimum atomic E-state index is -0.901. The number of nitrogens with zero attached hydrogens (tertiary/aromatic N) is 1. The summed E-state index contributed by atoms with van der Waals surface area (Å²) < 4.78 is 18.5. The van der Waals surface area contributed by atoms with E-state index in [1.165, 1.54) is 17.0 Å². The van der Waals surface area contributed by atoms with Crippen molar-refractivity contribution in [2.75, 3.05) is 25.0 Å². The molecule has 8 nitrogen and oxygen atoms in total. The standard InChI is InChI=1S/C18H20FN3O5/c19-11-3-4-12-13(7-15(23)21-14(12)6-11)18(26)27-9-16(24)22-5-1-2-10(8-22)17(20)25/h3-4,6,10,13H,1-2,5,7-9H2,(H2,20,25)(H,21,23). The summed E-state index contributed by atoms with van der Waals surface area (Å²) in [5.74, 6) is -3.87. The van der Waals surface area contributed by atoms with Crippen molar-refractivity contribution in [1.29, 1.82) is 0 Å². The van der Waals surface area contributed by atoms with Gasteiger partial charge in [-0.15, -0.1) is 0 Å². The zero-order valence-corrected chi connectivity index (χ0v) is 14.6. The molecule has 0 aromatic heterocycles. The molecule has 0 aliphatic carbocycles. The molecule has 0 bridgehead atoms. The zero-order valence-electron chi connectivity index (χ0n) is 14.6. The van der Waals surface area contributed by atoms with Gasteiger partial charge in [-0.2, -0.15) is 0 Å². The average Bonchev–Trinajstić information content (AvgIpc) is 2.64. The Morgan fingerprint density at radius 3 is 2.85 bits per heavy atom. The van der Waals surface area contributed by atoms with Gasteiger partial charge in [0, 0.05) is 25.2 Å². The van der Waals surface area contributed by atoms with Crippen LogP contribution in [-0.4, -0.2) is 48.3 Å². The third-order valence-electron chi connectivity index (χ3n) is 4.85. The summed E-state index contributed by atoms with van der Waals surface area (Å²) in [6, 6.07) is 3.74. The molecule has 0 saturated carbocycles. The molecule has 1 fully saturated rings. The van der Waals surface area contributed by atoms with Gasteiger partial charge >= 0.3 is 5.97 Å². The second-order valence-electron chi connectivity index (χ2n) is 6.73. The van der Waals surface area contributed by atoms with E-state index in [-0.39, 0.29) is 18.7 Å². The molecular formula is C18H20FN3O5. The van der Waals surface area contributed by atoms with Crippen LogP contribution in [0, 0.1) is 11.7 Å². The Balaban J connectivity index is 1.62. The molecule has 1 saturated heterocycles. The smallest absolute Gasteiger partial charge is 0.314 e. The van der Waals surface area contributed by atoms with Crippen molar-refractivity contribution in [2.45, 2.75) is 25.2 Å². The van der Waals surface area contributed by atoms with Gasteiger partial charge in [0.05, 0.1) is 11.8 Å². The lowest BCUT2D eigenvalue weighted by atomic mass is 9.90. The lowest BCUT2D eigenvalue weighted by Gasteiger charge is -2.31. The number of piperidine rings is 1. The fourth-order valence-corrected chi connectivity index (χ4v) is 3.41. The molecule has 2 aliphatic rings. The highest BCUT2D eigenvalue weighted by Crippen LogP contribution is 2.33. The van der Waals surface area contributed by atoms with Crippen LogP contribution in [0.3, 0.4) is 0 Å². The van der Waals surface area contributed by atoms with E-state index in [1.54, 1.807) is 0 Å². The van der Waals surface area contributed by atoms with Gasteiger partial charge in [-0.25, -0.2) is 4.39 Å². The minimum Gasteiger partial charge on any atom is -0.455 e. The molecular weight excluding hydrogens is 357 g/mol. The first-order valence-electron chi connectivity index (χ1n) is 8.68. The average molecular weight is 377 g/mol. The third-order valence-corrected chi connectivity index (χ3v) is 4.85. The number of carbonyl (C=O) groups is 4. The number of carbonyl (C=O) groups excluding carboxylic acids is 4. The van der Waals surface area contributed by atoms with E-state index in [4.69, 9.17) is 10.5 Å². The van der Waals surface area contributed by atoms with Crippen LogP contribution >= 0.6 is 0 Å². The third kappa shape index (κ3) is 4.24. The highest BCUT2D eigenvalue weighted by molar-refractivity contribution is 6.00. The number of amides is 3. The number of rotatable bonds is 4. The van der Waals surface area contributed by atoms with Gasteiger partial charge in [-0.3, -0.25) is 19.2 Å². The van der Waals surface area contributed by atoms with Crippen LogP contribution in [0.1, 0.15) is 30.7 Å². The van der Waals surface area contributed by atoms with Crippen molar-refractivity contribution in [3.63, 3.8) is 0 Å². The summed E-state index contributed by atoms with van der Waals surface area (Å²) in [4.78, 5) is 49.2. The Hall–Kier alpha value is -2.97. The number of hydrogen-bond donors (Lipinski definition) is 2. The molecule has 2 aliphatic heterocycles. The van der Waals surface area contributed by atoms with E-state index >= 15 is 0 Å². The normalized spacial score (nSPS) is 21.8. The maximum Gasteiger partial charge on any atom is 0.314 e. The van der Waals surface area contributed by atoms with Crippen molar-refractivity contribution in [3.05, 3.63) is 29.6 Å². The number of ether oxygens (including phenoxy) is 1. The molecule has 3 N–H and O–H groups in total. The number of nitrogens with one attached hydrogen (secondary N) is 1. The second-order valence-corrected chi connectivity index (χ2v) is 6.73. The molecule has 2 unspecified atom stereocenters. The molecule has 144 valence electrons. The van der Waals surface area contributed by atoms with Crippen molar-refractivity contribution in [1.82, 2.24) is 4.90 Å². The number of fused-ring (bicyclic) bond motifs is 1. The highest BCUT2D eigenvalue weighted by atomic mass is 19.1. The van der Waals surface area contributed by atoms with E-state index in [0.717, 1.165) is 6.07 Å². The number of hydrogen-bond acceptors (Lipinski definition) is 5. The van der Waals surface area contributed by atoms with E-state index in [9.17, 15) is 23.6 Å². The monoisotopic (exact) mass is 377 g/mol. The summed E-state index contributed by atoms with van der Waals surface area (Å²) in [6.07, 6.45) is 1.14. The zero-order chi connectivity index (χ0) is 19.6. The number of anilines is 1. The first-order valence-corrected chi connectivity index (χ1v) is 8.68. The Morgan fingerprint density at radius 1 is 1.33 bits per heavy atom. The number of benzene rings is 1. The number of nitrogens with two attached hydrogens (primary N) is 1. The molecule has 2 atom stereocenters. The molecule has 3 rings (SSSR count). The van der Waals surface area contributed by atoms with Crippen LogP contribution < -0.4 is 11.1 Å². The van der Waals surface area contributed by atoms with Crippen LogP contribution in [0.2, 0.25) is 0 Å². The van der Waals surface area contributed by atoms with Crippen molar-refractivity contribution >= 4 is 29.4 Å². The molecule has 9 heteroatoms. The lowest BCUT2D eigenvalue weighted by molar-refractivity contribution is -0.155. The minimum absolute atomic E-state index is 0.140. The van der Waals surface area contributed by atoms with Crippen LogP contribution in [0.25, 0.3) is 0 Å². The largest absolute Gasteiger partial charge is 0.455 e. The topological polar surface area (TPSA) is 119 Å². The molecule has 0 spiro atoms. The van der Waals surface area contributed by atoms with Gasteiger partial charge in [0.15, 0.2) is 6.61 Å². The molecule has 27 heavy (non-hydrogen) atoms. The fourth-order valence-electron chi connectivity index (χ4n) is 3.41. The van der Waals surface area contributed by atoms with Gasteiger partial charge in [-0.1, -0.05) is 6.07 Å². The Bertz CT molecular complexity index is 797. The summed E-state index contributed by atoms with van der Waals surface area (Å²) in [7, 11) is 0. The van der Waals surface area contributed by atoms with E-state index in [0.29, 0.717) is 24.9 Å².